The number of aromatic nitrogens is 1. The van der Waals surface area contributed by atoms with Gasteiger partial charge in [0.1, 0.15) is 24.2 Å². The van der Waals surface area contributed by atoms with Crippen LogP contribution in [0, 0.1) is 0 Å². The fourth-order valence-corrected chi connectivity index (χ4v) is 6.79. The van der Waals surface area contributed by atoms with Crippen molar-refractivity contribution in [3.63, 3.8) is 0 Å². The number of aromatic hydroxyl groups is 1. The van der Waals surface area contributed by atoms with Crippen LogP contribution in [0.5, 0.6) is 5.75 Å². The number of hydrogen-bond donors (Lipinski definition) is 11. The summed E-state index contributed by atoms with van der Waals surface area (Å²) in [5.74, 6) is -1.75. The highest BCUT2D eigenvalue weighted by Gasteiger charge is 2.35. The Balaban J connectivity index is 1.37. The quantitative estimate of drug-likeness (QED) is 0.0926. The number of aliphatic imine (C=N–C) groups is 1. The average molecular weight is 832 g/mol. The number of aliphatic carboxylic acids is 1. The van der Waals surface area contributed by atoms with E-state index in [9.17, 15) is 35.1 Å². The van der Waals surface area contributed by atoms with Gasteiger partial charge in [0, 0.05) is 39.2 Å². The number of anilines is 1. The topological polar surface area (TPSA) is 224 Å². The van der Waals surface area contributed by atoms with Crippen LogP contribution in [0.3, 0.4) is 0 Å². The van der Waals surface area contributed by atoms with E-state index in [1.807, 2.05) is 57.2 Å². The number of fused-ring (bicyclic) bond motifs is 1. The molecule has 51 heavy (non-hydrogen) atoms. The number of phenolic OH excluding ortho intramolecular Hbond substituents is 1. The van der Waals surface area contributed by atoms with Crippen LogP contribution in [0.25, 0.3) is 10.9 Å². The molecule has 0 saturated carbocycles. The zero-order valence-electron chi connectivity index (χ0n) is 28.0. The molecule has 0 saturated heterocycles. The van der Waals surface area contributed by atoms with Gasteiger partial charge < -0.3 is 46.5 Å². The number of guanidine groups is 1. The Morgan fingerprint density at radius 2 is 1.76 bits per heavy atom. The maximum absolute atomic E-state index is 13.5. The molecule has 5 rings (SSSR count). The van der Waals surface area contributed by atoms with Crippen LogP contribution in [0.15, 0.2) is 74.6 Å². The Kier molecular flexibility index (Phi) is 12.1. The third-order valence-electron chi connectivity index (χ3n) is 8.28. The highest BCUT2D eigenvalue weighted by Crippen LogP contribution is 2.33. The third-order valence-corrected chi connectivity index (χ3v) is 9.59. The molecule has 0 bridgehead atoms. The molecule has 5 atom stereocenters. The summed E-state index contributed by atoms with van der Waals surface area (Å²) in [7, 11) is 0. The molecule has 4 aromatic rings. The molecular weight excluding hydrogens is 790 g/mol. The molecule has 14 nitrogen and oxygen atoms in total. The van der Waals surface area contributed by atoms with Crippen molar-refractivity contribution < 1.29 is 35.1 Å². The first-order valence-electron chi connectivity index (χ1n) is 16.1. The van der Waals surface area contributed by atoms with Crippen LogP contribution in [-0.2, 0) is 15.0 Å². The van der Waals surface area contributed by atoms with Gasteiger partial charge in [0.2, 0.25) is 5.91 Å². The van der Waals surface area contributed by atoms with Crippen molar-refractivity contribution >= 4 is 66.3 Å². The average Bonchev–Trinajstić information content (AvgIpc) is 3.41. The number of para-hydroxylation sites is 1. The van der Waals surface area contributed by atoms with Gasteiger partial charge in [0.15, 0.2) is 5.96 Å². The number of aliphatic hydroxyl groups excluding tert-OH is 3. The first-order valence-corrected chi connectivity index (χ1v) is 17.7. The number of carbonyl (C=O) groups excluding carboxylic acids is 1. The standard InChI is InChI=1S/C35H41Br2N7O7/c1-35(2,3)19-8-17(9-20(36)12-19)28(30(33(50)51)44-32(49)29-27(37)24-6-4-5-7-25(24)42-29)43-26(47)16-38-31(48)18-10-21(13-22(45)11-18)41-34-39-14-23(46)15-40-34/h4-13,23,28,30-32,38,42,44-46,48-49H,14-16H2,1-3H3,(H,43,47)(H,50,51)(H2,39,40,41). The Hall–Kier alpha value is -4.03. The van der Waals surface area contributed by atoms with Gasteiger partial charge in [-0.2, -0.15) is 0 Å². The molecule has 2 heterocycles. The maximum Gasteiger partial charge on any atom is 0.323 e. The predicted molar refractivity (Wildman–Crippen MR) is 200 cm³/mol. The third kappa shape index (κ3) is 9.65. The molecule has 3 aromatic carbocycles. The van der Waals surface area contributed by atoms with E-state index in [0.717, 1.165) is 16.5 Å². The summed E-state index contributed by atoms with van der Waals surface area (Å²) in [5.41, 5.74) is 2.69. The first kappa shape index (κ1) is 38.2. The number of nitrogens with one attached hydrogen (secondary N) is 6. The van der Waals surface area contributed by atoms with Crippen molar-refractivity contribution in [1.29, 1.82) is 0 Å². The van der Waals surface area contributed by atoms with Crippen molar-refractivity contribution in [2.45, 2.75) is 56.8 Å². The number of carbonyl (C=O) groups is 2. The molecule has 0 aliphatic carbocycles. The van der Waals surface area contributed by atoms with E-state index < -0.39 is 49.1 Å². The van der Waals surface area contributed by atoms with Gasteiger partial charge in [0.05, 0.1) is 35.4 Å². The second-order valence-corrected chi connectivity index (χ2v) is 15.0. The minimum Gasteiger partial charge on any atom is -0.508 e. The summed E-state index contributed by atoms with van der Waals surface area (Å²) in [5, 5.41) is 67.7. The Bertz CT molecular complexity index is 1930. The van der Waals surface area contributed by atoms with Gasteiger partial charge >= 0.3 is 5.97 Å². The Labute approximate surface area is 311 Å². The molecule has 1 amide bonds. The molecule has 5 unspecified atom stereocenters. The van der Waals surface area contributed by atoms with E-state index in [1.54, 1.807) is 12.1 Å². The van der Waals surface area contributed by atoms with E-state index in [2.05, 4.69) is 68.4 Å². The zero-order valence-corrected chi connectivity index (χ0v) is 31.2. The second kappa shape index (κ2) is 16.1. The number of halogens is 2. The maximum atomic E-state index is 13.5. The largest absolute Gasteiger partial charge is 0.508 e. The number of aliphatic hydroxyl groups is 3. The summed E-state index contributed by atoms with van der Waals surface area (Å²) < 4.78 is 1.23. The van der Waals surface area contributed by atoms with Crippen LogP contribution in [-0.4, -0.2) is 80.1 Å². The van der Waals surface area contributed by atoms with E-state index in [1.165, 1.54) is 12.1 Å². The number of nitrogens with zero attached hydrogens (tertiary/aromatic N) is 1. The Morgan fingerprint density at radius 1 is 1.02 bits per heavy atom. The van der Waals surface area contributed by atoms with Crippen LogP contribution in [0.4, 0.5) is 5.69 Å². The lowest BCUT2D eigenvalue weighted by atomic mass is 9.84. The number of rotatable bonds is 12. The number of carboxylic acid groups (broad SMARTS) is 1. The molecule has 11 N–H and O–H groups in total. The minimum absolute atomic E-state index is 0.156. The summed E-state index contributed by atoms with van der Waals surface area (Å²) in [6.45, 7) is 6.09. The van der Waals surface area contributed by atoms with Crippen LogP contribution in [0.2, 0.25) is 0 Å². The predicted octanol–water partition coefficient (Wildman–Crippen LogP) is 3.60. The molecule has 1 aliphatic heterocycles. The molecule has 272 valence electrons. The summed E-state index contributed by atoms with van der Waals surface area (Å²) in [4.78, 5) is 33.7. The monoisotopic (exact) mass is 829 g/mol. The van der Waals surface area contributed by atoms with Crippen LogP contribution >= 0.6 is 31.9 Å². The van der Waals surface area contributed by atoms with Gasteiger partial charge in [-0.15, -0.1) is 0 Å². The fourth-order valence-electron chi connectivity index (χ4n) is 5.61. The number of amides is 1. The molecule has 1 aliphatic rings. The first-order chi connectivity index (χ1) is 24.1. The number of H-pyrrole nitrogens is 1. The lowest BCUT2D eigenvalue weighted by Gasteiger charge is -2.30. The van der Waals surface area contributed by atoms with Crippen molar-refractivity contribution in [2.24, 2.45) is 4.99 Å². The van der Waals surface area contributed by atoms with Crippen molar-refractivity contribution in [3.8, 4) is 5.75 Å². The summed E-state index contributed by atoms with van der Waals surface area (Å²) in [6.07, 6.45) is -3.49. The number of phenols is 1. The fraction of sp³-hybridized carbons (Fsp3) is 0.343. The van der Waals surface area contributed by atoms with E-state index >= 15 is 0 Å². The van der Waals surface area contributed by atoms with Gasteiger partial charge in [-0.1, -0.05) is 61.0 Å². The lowest BCUT2D eigenvalue weighted by molar-refractivity contribution is -0.142. The number of carboxylic acids is 1. The number of β-amino-alcohol motifs (C(OH)–C–C–N with tert-alkyl or cyclic N) is 1. The van der Waals surface area contributed by atoms with Crippen molar-refractivity contribution in [3.05, 3.63) is 92.0 Å². The zero-order chi connectivity index (χ0) is 37.0. The molecule has 16 heteroatoms. The summed E-state index contributed by atoms with van der Waals surface area (Å²) in [6, 6.07) is 14.4. The molecule has 1 aromatic heterocycles. The number of aromatic amines is 1. The van der Waals surface area contributed by atoms with Gasteiger partial charge in [-0.05, 0) is 62.8 Å². The van der Waals surface area contributed by atoms with Crippen LogP contribution in [0.1, 0.15) is 61.7 Å². The highest BCUT2D eigenvalue weighted by atomic mass is 79.9. The lowest BCUT2D eigenvalue weighted by Crippen LogP contribution is -2.51. The van der Waals surface area contributed by atoms with Gasteiger partial charge in [0.25, 0.3) is 0 Å². The molecule has 0 radical (unpaired) electrons. The smallest absolute Gasteiger partial charge is 0.323 e. The van der Waals surface area contributed by atoms with Gasteiger partial charge in [-0.25, -0.2) is 0 Å². The Morgan fingerprint density at radius 3 is 2.43 bits per heavy atom. The SMILES string of the molecule is CC(C)(C)c1cc(Br)cc(C(NC(=O)CNC(O)c2cc(O)cc(NC3=NCC(O)CN3)c2)C(NC(O)c2[nH]c3ccccc3c2Br)C(=O)O)c1. The normalized spacial score (nSPS) is 17.2. The minimum atomic E-state index is -1.52. The number of hydrogen-bond acceptors (Lipinski definition) is 11. The van der Waals surface area contributed by atoms with E-state index in [4.69, 9.17) is 0 Å². The van der Waals surface area contributed by atoms with E-state index in [0.29, 0.717) is 38.4 Å². The van der Waals surface area contributed by atoms with Gasteiger partial charge in [-0.3, -0.25) is 25.2 Å². The second-order valence-electron chi connectivity index (χ2n) is 13.3. The highest BCUT2D eigenvalue weighted by molar-refractivity contribution is 9.11. The molecule has 0 fully saturated rings. The number of benzene rings is 3. The summed E-state index contributed by atoms with van der Waals surface area (Å²) >= 11 is 7.04. The van der Waals surface area contributed by atoms with Crippen molar-refractivity contribution in [1.82, 2.24) is 26.3 Å². The van der Waals surface area contributed by atoms with Crippen molar-refractivity contribution in [2.75, 3.05) is 25.0 Å². The molecule has 0 spiro atoms. The van der Waals surface area contributed by atoms with E-state index in [-0.39, 0.29) is 23.3 Å². The molecular formula is C35H41Br2N7O7. The van der Waals surface area contributed by atoms with Crippen LogP contribution < -0.4 is 26.6 Å².